The van der Waals surface area contributed by atoms with Gasteiger partial charge in [-0.2, -0.15) is 0 Å². The van der Waals surface area contributed by atoms with E-state index in [-0.39, 0.29) is 11.3 Å². The van der Waals surface area contributed by atoms with Crippen LogP contribution in [-0.2, 0) is 0 Å². The van der Waals surface area contributed by atoms with Crippen LogP contribution in [0.2, 0.25) is 0 Å². The van der Waals surface area contributed by atoms with Gasteiger partial charge in [-0.1, -0.05) is 12.1 Å². The SMILES string of the molecule is O=C(NNC(=O)c1cc(F)ccc1F)c1ccccc1O. The highest BCUT2D eigenvalue weighted by molar-refractivity contribution is 6.00. The van der Waals surface area contributed by atoms with Crippen molar-refractivity contribution in [3.05, 3.63) is 65.2 Å². The summed E-state index contributed by atoms with van der Waals surface area (Å²) >= 11 is 0. The number of rotatable bonds is 2. The van der Waals surface area contributed by atoms with Gasteiger partial charge in [-0.25, -0.2) is 8.78 Å². The molecule has 21 heavy (non-hydrogen) atoms. The second kappa shape index (κ2) is 6.00. The summed E-state index contributed by atoms with van der Waals surface area (Å²) < 4.78 is 26.3. The maximum absolute atomic E-state index is 13.4. The molecule has 3 N–H and O–H groups in total. The van der Waals surface area contributed by atoms with Crippen LogP contribution in [0.5, 0.6) is 5.75 Å². The Morgan fingerprint density at radius 1 is 0.905 bits per heavy atom. The monoisotopic (exact) mass is 292 g/mol. The molecule has 0 aliphatic heterocycles. The average molecular weight is 292 g/mol. The number of carbonyl (C=O) groups excluding carboxylic acids is 2. The Labute approximate surface area is 118 Å². The van der Waals surface area contributed by atoms with Crippen LogP contribution in [0, 0.1) is 11.6 Å². The van der Waals surface area contributed by atoms with Gasteiger partial charge in [-0.05, 0) is 30.3 Å². The van der Waals surface area contributed by atoms with E-state index in [0.29, 0.717) is 6.07 Å². The van der Waals surface area contributed by atoms with E-state index in [4.69, 9.17) is 0 Å². The molecule has 0 bridgehead atoms. The van der Waals surface area contributed by atoms with Crippen molar-refractivity contribution in [1.29, 1.82) is 0 Å². The molecule has 0 unspecified atom stereocenters. The molecule has 0 spiro atoms. The first-order valence-electron chi connectivity index (χ1n) is 5.83. The predicted octanol–water partition coefficient (Wildman–Crippen LogP) is 1.75. The van der Waals surface area contributed by atoms with Crippen molar-refractivity contribution in [2.45, 2.75) is 0 Å². The van der Waals surface area contributed by atoms with Crippen molar-refractivity contribution >= 4 is 11.8 Å². The quantitative estimate of drug-likeness (QED) is 0.738. The summed E-state index contributed by atoms with van der Waals surface area (Å²) in [6.07, 6.45) is 0. The van der Waals surface area contributed by atoms with Crippen molar-refractivity contribution in [2.75, 3.05) is 0 Å². The minimum Gasteiger partial charge on any atom is -0.507 e. The third kappa shape index (κ3) is 3.33. The minimum atomic E-state index is -1.02. The maximum Gasteiger partial charge on any atom is 0.273 e. The number of phenolic OH excluding ortho intramolecular Hbond substituents is 1. The molecule has 0 atom stereocenters. The van der Waals surface area contributed by atoms with E-state index in [1.165, 1.54) is 24.3 Å². The number of phenols is 1. The van der Waals surface area contributed by atoms with E-state index < -0.39 is 29.0 Å². The first kappa shape index (κ1) is 14.4. The van der Waals surface area contributed by atoms with Crippen LogP contribution in [0.3, 0.4) is 0 Å². The first-order chi connectivity index (χ1) is 9.99. The third-order valence-corrected chi connectivity index (χ3v) is 2.61. The van der Waals surface area contributed by atoms with Crippen molar-refractivity contribution in [3.8, 4) is 5.75 Å². The summed E-state index contributed by atoms with van der Waals surface area (Å²) in [6.45, 7) is 0. The number of halogens is 2. The van der Waals surface area contributed by atoms with Gasteiger partial charge in [0.25, 0.3) is 11.8 Å². The summed E-state index contributed by atoms with van der Waals surface area (Å²) in [5, 5.41) is 9.46. The fraction of sp³-hybridized carbons (Fsp3) is 0. The normalized spacial score (nSPS) is 10.0. The van der Waals surface area contributed by atoms with Crippen molar-refractivity contribution in [3.63, 3.8) is 0 Å². The van der Waals surface area contributed by atoms with Gasteiger partial charge in [0.2, 0.25) is 0 Å². The highest BCUT2D eigenvalue weighted by Gasteiger charge is 2.15. The fourth-order valence-electron chi connectivity index (χ4n) is 1.59. The summed E-state index contributed by atoms with van der Waals surface area (Å²) in [5.74, 6) is -3.80. The van der Waals surface area contributed by atoms with Crippen molar-refractivity contribution in [2.24, 2.45) is 0 Å². The molecule has 2 rings (SSSR count). The zero-order valence-electron chi connectivity index (χ0n) is 10.6. The minimum absolute atomic E-state index is 0.0717. The van der Waals surface area contributed by atoms with Crippen molar-refractivity contribution < 1.29 is 23.5 Å². The van der Waals surface area contributed by atoms with Crippen LogP contribution in [0.25, 0.3) is 0 Å². The van der Waals surface area contributed by atoms with Crippen molar-refractivity contribution in [1.82, 2.24) is 10.9 Å². The molecule has 0 saturated heterocycles. The lowest BCUT2D eigenvalue weighted by atomic mass is 10.2. The molecule has 0 heterocycles. The molecule has 2 amide bonds. The van der Waals surface area contributed by atoms with E-state index in [9.17, 15) is 23.5 Å². The Hall–Kier alpha value is -2.96. The number of amides is 2. The van der Waals surface area contributed by atoms with Gasteiger partial charge in [0, 0.05) is 0 Å². The molecule has 0 fully saturated rings. The van der Waals surface area contributed by atoms with Gasteiger partial charge >= 0.3 is 0 Å². The second-order valence-electron chi connectivity index (χ2n) is 4.05. The number of hydrazine groups is 1. The Kier molecular flexibility index (Phi) is 4.13. The van der Waals surface area contributed by atoms with Crippen LogP contribution in [0.15, 0.2) is 42.5 Å². The predicted molar refractivity (Wildman–Crippen MR) is 69.4 cm³/mol. The highest BCUT2D eigenvalue weighted by atomic mass is 19.1. The Balaban J connectivity index is 2.06. The lowest BCUT2D eigenvalue weighted by molar-refractivity contribution is 0.0842. The zero-order valence-corrected chi connectivity index (χ0v) is 10.6. The highest BCUT2D eigenvalue weighted by Crippen LogP contribution is 2.14. The van der Waals surface area contributed by atoms with E-state index in [0.717, 1.165) is 12.1 Å². The topological polar surface area (TPSA) is 78.4 Å². The molecule has 0 saturated carbocycles. The fourth-order valence-corrected chi connectivity index (χ4v) is 1.59. The van der Waals surface area contributed by atoms with E-state index in [2.05, 4.69) is 0 Å². The first-order valence-corrected chi connectivity index (χ1v) is 5.83. The van der Waals surface area contributed by atoms with Gasteiger partial charge in [0.05, 0.1) is 11.1 Å². The molecule has 7 heteroatoms. The van der Waals surface area contributed by atoms with Gasteiger partial charge < -0.3 is 5.11 Å². The molecule has 2 aromatic carbocycles. The number of carbonyl (C=O) groups is 2. The van der Waals surface area contributed by atoms with Crippen LogP contribution in [0.1, 0.15) is 20.7 Å². The summed E-state index contributed by atoms with van der Waals surface area (Å²) in [6, 6.07) is 8.04. The molecule has 0 radical (unpaired) electrons. The molecule has 5 nitrogen and oxygen atoms in total. The smallest absolute Gasteiger partial charge is 0.273 e. The lowest BCUT2D eigenvalue weighted by Crippen LogP contribution is -2.42. The molecule has 0 aliphatic rings. The third-order valence-electron chi connectivity index (χ3n) is 2.61. The van der Waals surface area contributed by atoms with Crippen LogP contribution in [-0.4, -0.2) is 16.9 Å². The molecular formula is C14H10F2N2O3. The molecule has 0 aromatic heterocycles. The van der Waals surface area contributed by atoms with Gasteiger partial charge in [0.15, 0.2) is 0 Å². The van der Waals surface area contributed by atoms with Crippen LogP contribution in [0.4, 0.5) is 8.78 Å². The second-order valence-corrected chi connectivity index (χ2v) is 4.05. The number of benzene rings is 2. The standard InChI is InChI=1S/C14H10F2N2O3/c15-8-5-6-11(16)10(7-8)14(21)18-17-13(20)9-3-1-2-4-12(9)19/h1-7,19H,(H,17,20)(H,18,21). The number of nitrogens with one attached hydrogen (secondary N) is 2. The number of hydrogen-bond donors (Lipinski definition) is 3. The van der Waals surface area contributed by atoms with E-state index in [1.54, 1.807) is 0 Å². The van der Waals surface area contributed by atoms with E-state index in [1.807, 2.05) is 10.9 Å². The van der Waals surface area contributed by atoms with Gasteiger partial charge in [-0.15, -0.1) is 0 Å². The average Bonchev–Trinajstić information content (AvgIpc) is 2.47. The number of para-hydroxylation sites is 1. The summed E-state index contributed by atoms with van der Waals surface area (Å²) in [7, 11) is 0. The molecule has 2 aromatic rings. The largest absolute Gasteiger partial charge is 0.507 e. The Bertz CT molecular complexity index is 704. The van der Waals surface area contributed by atoms with Gasteiger partial charge in [-0.3, -0.25) is 20.4 Å². The summed E-state index contributed by atoms with van der Waals surface area (Å²) in [4.78, 5) is 23.3. The van der Waals surface area contributed by atoms with Gasteiger partial charge in [0.1, 0.15) is 17.4 Å². The Morgan fingerprint density at radius 2 is 1.52 bits per heavy atom. The zero-order chi connectivity index (χ0) is 15.4. The van der Waals surface area contributed by atoms with E-state index >= 15 is 0 Å². The number of hydrogen-bond acceptors (Lipinski definition) is 3. The molecule has 0 aliphatic carbocycles. The maximum atomic E-state index is 13.4. The Morgan fingerprint density at radius 3 is 2.19 bits per heavy atom. The summed E-state index contributed by atoms with van der Waals surface area (Å²) in [5.41, 5.74) is 3.31. The lowest BCUT2D eigenvalue weighted by Gasteiger charge is -2.09. The number of aromatic hydroxyl groups is 1. The molecule has 108 valence electrons. The van der Waals surface area contributed by atoms with Crippen LogP contribution >= 0.6 is 0 Å². The van der Waals surface area contributed by atoms with Crippen LogP contribution < -0.4 is 10.9 Å². The molecular weight excluding hydrogens is 282 g/mol.